The van der Waals surface area contributed by atoms with Crippen LogP contribution in [-0.2, 0) is 9.53 Å². The van der Waals surface area contributed by atoms with Gasteiger partial charge in [0, 0.05) is 11.8 Å². The van der Waals surface area contributed by atoms with Gasteiger partial charge in [0.2, 0.25) is 0 Å². The number of esters is 1. The number of carbonyl (C=O) groups excluding carboxylic acids is 1. The van der Waals surface area contributed by atoms with Gasteiger partial charge in [0.05, 0.1) is 29.6 Å². The maximum Gasteiger partial charge on any atom is 0.319 e. The maximum absolute atomic E-state index is 13.1. The zero-order chi connectivity index (χ0) is 20.2. The highest BCUT2D eigenvalue weighted by Crippen LogP contribution is 2.35. The average Bonchev–Trinajstić information content (AvgIpc) is 3.15. The quantitative estimate of drug-likeness (QED) is 0.475. The van der Waals surface area contributed by atoms with Crippen molar-refractivity contribution in [1.29, 1.82) is 5.26 Å². The van der Waals surface area contributed by atoms with Gasteiger partial charge in [-0.25, -0.2) is 4.98 Å². The Bertz CT molecular complexity index is 1190. The number of aromatic nitrogens is 2. The normalized spacial score (nSPS) is 11.7. The SMILES string of the molecule is CCOC(=O)C(c1ccc(C#N)cc1)c1c(-c2ccccc2)nc2ccccn12. The minimum absolute atomic E-state index is 0.281. The van der Waals surface area contributed by atoms with Gasteiger partial charge in [-0.15, -0.1) is 0 Å². The lowest BCUT2D eigenvalue weighted by molar-refractivity contribution is -0.143. The number of carbonyl (C=O) groups is 1. The Morgan fingerprint density at radius 3 is 2.48 bits per heavy atom. The first-order valence-electron chi connectivity index (χ1n) is 9.42. The maximum atomic E-state index is 13.1. The van der Waals surface area contributed by atoms with Crippen LogP contribution in [0.2, 0.25) is 0 Å². The molecule has 0 bridgehead atoms. The van der Waals surface area contributed by atoms with Crippen LogP contribution in [0.3, 0.4) is 0 Å². The second-order valence-electron chi connectivity index (χ2n) is 6.56. The van der Waals surface area contributed by atoms with Crippen molar-refractivity contribution in [1.82, 2.24) is 9.38 Å². The molecule has 1 atom stereocenters. The Hall–Kier alpha value is -3.91. The number of nitrogens with zero attached hydrogens (tertiary/aromatic N) is 3. The van der Waals surface area contributed by atoms with Gasteiger partial charge in [-0.2, -0.15) is 5.26 Å². The summed E-state index contributed by atoms with van der Waals surface area (Å²) >= 11 is 0. The number of benzene rings is 2. The number of pyridine rings is 1. The van der Waals surface area contributed by atoms with Crippen LogP contribution in [0.15, 0.2) is 79.0 Å². The highest BCUT2D eigenvalue weighted by atomic mass is 16.5. The molecule has 142 valence electrons. The molecule has 0 fully saturated rings. The zero-order valence-electron chi connectivity index (χ0n) is 15.9. The second-order valence-corrected chi connectivity index (χ2v) is 6.56. The van der Waals surface area contributed by atoms with Crippen LogP contribution in [0.4, 0.5) is 0 Å². The van der Waals surface area contributed by atoms with Crippen molar-refractivity contribution < 1.29 is 9.53 Å². The first-order valence-corrected chi connectivity index (χ1v) is 9.42. The number of ether oxygens (including phenoxy) is 1. The third kappa shape index (κ3) is 3.48. The van der Waals surface area contributed by atoms with Gasteiger partial charge in [-0.3, -0.25) is 4.79 Å². The van der Waals surface area contributed by atoms with Crippen molar-refractivity contribution in [3.05, 3.63) is 95.8 Å². The van der Waals surface area contributed by atoms with Crippen LogP contribution in [0.5, 0.6) is 0 Å². The minimum atomic E-state index is -0.671. The van der Waals surface area contributed by atoms with Gasteiger partial charge in [-0.05, 0) is 36.8 Å². The minimum Gasteiger partial charge on any atom is -0.465 e. The fourth-order valence-electron chi connectivity index (χ4n) is 3.48. The van der Waals surface area contributed by atoms with E-state index in [9.17, 15) is 4.79 Å². The second kappa shape index (κ2) is 7.99. The number of nitriles is 1. The molecule has 0 amide bonds. The van der Waals surface area contributed by atoms with E-state index in [1.54, 1.807) is 31.2 Å². The van der Waals surface area contributed by atoms with Crippen molar-refractivity contribution in [2.75, 3.05) is 6.61 Å². The molecule has 0 aliphatic carbocycles. The third-order valence-corrected chi connectivity index (χ3v) is 4.78. The molecule has 5 nitrogen and oxygen atoms in total. The number of fused-ring (bicyclic) bond motifs is 1. The predicted octanol–water partition coefficient (Wildman–Crippen LogP) is 4.57. The standard InChI is InChI=1S/C24H19N3O2/c1-2-29-24(28)21(18-13-11-17(16-25)12-14-18)23-22(19-8-4-3-5-9-19)26-20-10-6-7-15-27(20)23/h3-15,21H,2H2,1H3. The summed E-state index contributed by atoms with van der Waals surface area (Å²) in [6.45, 7) is 2.07. The lowest BCUT2D eigenvalue weighted by Gasteiger charge is -2.18. The molecule has 0 aliphatic rings. The molecule has 0 spiro atoms. The fraction of sp³-hybridized carbons (Fsp3) is 0.125. The molecule has 29 heavy (non-hydrogen) atoms. The first-order chi connectivity index (χ1) is 14.2. The largest absolute Gasteiger partial charge is 0.465 e. The topological polar surface area (TPSA) is 67.4 Å². The number of hydrogen-bond donors (Lipinski definition) is 0. The van der Waals surface area contributed by atoms with Crippen LogP contribution in [-0.4, -0.2) is 22.0 Å². The predicted molar refractivity (Wildman–Crippen MR) is 110 cm³/mol. The first kappa shape index (κ1) is 18.5. The molecule has 0 radical (unpaired) electrons. The van der Waals surface area contributed by atoms with Crippen LogP contribution < -0.4 is 0 Å². The van der Waals surface area contributed by atoms with E-state index < -0.39 is 5.92 Å². The molecule has 4 aromatic rings. The van der Waals surface area contributed by atoms with Crippen molar-refractivity contribution in [3.63, 3.8) is 0 Å². The van der Waals surface area contributed by atoms with Crippen molar-refractivity contribution >= 4 is 11.6 Å². The van der Waals surface area contributed by atoms with Gasteiger partial charge in [0.25, 0.3) is 0 Å². The molecule has 1 unspecified atom stereocenters. The van der Waals surface area contributed by atoms with Crippen LogP contribution in [0, 0.1) is 11.3 Å². The molecule has 0 saturated heterocycles. The van der Waals surface area contributed by atoms with E-state index in [4.69, 9.17) is 15.0 Å². The van der Waals surface area contributed by atoms with Crippen LogP contribution >= 0.6 is 0 Å². The Morgan fingerprint density at radius 2 is 1.79 bits per heavy atom. The van der Waals surface area contributed by atoms with Crippen molar-refractivity contribution in [2.24, 2.45) is 0 Å². The third-order valence-electron chi connectivity index (χ3n) is 4.78. The van der Waals surface area contributed by atoms with E-state index in [0.717, 1.165) is 28.2 Å². The highest BCUT2D eigenvalue weighted by Gasteiger charge is 2.31. The summed E-state index contributed by atoms with van der Waals surface area (Å²) in [6, 6.07) is 24.7. The number of hydrogen-bond acceptors (Lipinski definition) is 4. The molecule has 2 aromatic heterocycles. The Kier molecular flexibility index (Phi) is 5.08. The molecule has 4 rings (SSSR count). The van der Waals surface area contributed by atoms with Crippen LogP contribution in [0.1, 0.15) is 29.7 Å². The Morgan fingerprint density at radius 1 is 1.07 bits per heavy atom. The molecule has 2 heterocycles. The molecular formula is C24H19N3O2. The lowest BCUT2D eigenvalue weighted by Crippen LogP contribution is -2.19. The summed E-state index contributed by atoms with van der Waals surface area (Å²) in [5.74, 6) is -1.02. The summed E-state index contributed by atoms with van der Waals surface area (Å²) in [4.78, 5) is 17.9. The summed E-state index contributed by atoms with van der Waals surface area (Å²) < 4.78 is 7.37. The van der Waals surface area contributed by atoms with Gasteiger partial charge in [-0.1, -0.05) is 48.5 Å². The Balaban J connectivity index is 1.98. The molecule has 0 aliphatic heterocycles. The van der Waals surface area contributed by atoms with Gasteiger partial charge in [0.1, 0.15) is 11.6 Å². The van der Waals surface area contributed by atoms with E-state index >= 15 is 0 Å². The average molecular weight is 381 g/mol. The molecule has 0 N–H and O–H groups in total. The molecule has 5 heteroatoms. The zero-order valence-corrected chi connectivity index (χ0v) is 15.9. The molecule has 2 aromatic carbocycles. The summed E-state index contributed by atoms with van der Waals surface area (Å²) in [6.07, 6.45) is 1.90. The monoisotopic (exact) mass is 381 g/mol. The fourth-order valence-corrected chi connectivity index (χ4v) is 3.48. The van der Waals surface area contributed by atoms with E-state index in [-0.39, 0.29) is 12.6 Å². The van der Waals surface area contributed by atoms with Crippen molar-refractivity contribution in [3.8, 4) is 17.3 Å². The van der Waals surface area contributed by atoms with Gasteiger partial charge >= 0.3 is 5.97 Å². The number of imidazole rings is 1. The Labute approximate surface area is 168 Å². The lowest BCUT2D eigenvalue weighted by atomic mass is 9.92. The smallest absolute Gasteiger partial charge is 0.319 e. The van der Waals surface area contributed by atoms with E-state index in [0.29, 0.717) is 5.56 Å². The molecular weight excluding hydrogens is 362 g/mol. The molecule has 0 saturated carbocycles. The van der Waals surface area contributed by atoms with E-state index in [1.807, 2.05) is 59.1 Å². The summed E-state index contributed by atoms with van der Waals surface area (Å²) in [5, 5.41) is 9.12. The summed E-state index contributed by atoms with van der Waals surface area (Å²) in [7, 11) is 0. The van der Waals surface area contributed by atoms with Crippen molar-refractivity contribution in [2.45, 2.75) is 12.8 Å². The highest BCUT2D eigenvalue weighted by molar-refractivity contribution is 5.85. The van der Waals surface area contributed by atoms with E-state index in [1.165, 1.54) is 0 Å². The summed E-state index contributed by atoms with van der Waals surface area (Å²) in [5.41, 5.74) is 4.45. The number of rotatable bonds is 5. The van der Waals surface area contributed by atoms with E-state index in [2.05, 4.69) is 6.07 Å². The van der Waals surface area contributed by atoms with Crippen LogP contribution in [0.25, 0.3) is 16.9 Å². The van der Waals surface area contributed by atoms with Gasteiger partial charge in [0.15, 0.2) is 0 Å². The van der Waals surface area contributed by atoms with Gasteiger partial charge < -0.3 is 9.14 Å².